The molecule has 92 valence electrons. The van der Waals surface area contributed by atoms with E-state index in [1.54, 1.807) is 12.5 Å². The van der Waals surface area contributed by atoms with Gasteiger partial charge in [0, 0.05) is 12.5 Å². The topological polar surface area (TPSA) is 95.9 Å². The van der Waals surface area contributed by atoms with E-state index in [1.807, 2.05) is 4.57 Å². The zero-order valence-corrected chi connectivity index (χ0v) is 9.54. The zero-order valence-electron chi connectivity index (χ0n) is 9.54. The molecule has 0 bridgehead atoms. The molecular formula is C11H11N5O2. The molecule has 0 amide bonds. The normalized spacial score (nSPS) is 29.3. The maximum Gasteiger partial charge on any atom is 0.314 e. The summed E-state index contributed by atoms with van der Waals surface area (Å²) in [5.41, 5.74) is 6.58. The average molecular weight is 245 g/mol. The van der Waals surface area contributed by atoms with Crippen LogP contribution in [0.15, 0.2) is 12.5 Å². The Kier molecular flexibility index (Phi) is 1.62. The molecule has 4 rings (SSSR count). The second-order valence-corrected chi connectivity index (χ2v) is 4.97. The van der Waals surface area contributed by atoms with E-state index >= 15 is 0 Å². The summed E-state index contributed by atoms with van der Waals surface area (Å²) < 4.78 is 6.93. The van der Waals surface area contributed by atoms with Crippen molar-refractivity contribution in [3.05, 3.63) is 12.5 Å². The number of nitrogen functional groups attached to an aromatic ring is 1. The van der Waals surface area contributed by atoms with Gasteiger partial charge in [-0.3, -0.25) is 4.79 Å². The van der Waals surface area contributed by atoms with E-state index in [0.29, 0.717) is 30.2 Å². The number of ether oxygens (including phenoxy) is 1. The third-order valence-electron chi connectivity index (χ3n) is 3.88. The molecule has 0 unspecified atom stereocenters. The van der Waals surface area contributed by atoms with Crippen LogP contribution < -0.4 is 5.73 Å². The number of anilines is 1. The highest BCUT2D eigenvalue weighted by Gasteiger charge is 2.66. The molecule has 2 aromatic rings. The number of hydrogen-bond donors (Lipinski definition) is 1. The van der Waals surface area contributed by atoms with E-state index in [0.717, 1.165) is 6.42 Å². The molecule has 1 aliphatic carbocycles. The van der Waals surface area contributed by atoms with Crippen molar-refractivity contribution in [1.29, 1.82) is 0 Å². The van der Waals surface area contributed by atoms with Crippen LogP contribution in [0.1, 0.15) is 6.42 Å². The first-order valence-electron chi connectivity index (χ1n) is 5.80. The largest absolute Gasteiger partial charge is 0.465 e. The molecule has 0 aromatic carbocycles. The maximum absolute atomic E-state index is 11.8. The van der Waals surface area contributed by atoms with Gasteiger partial charge < -0.3 is 15.0 Å². The minimum Gasteiger partial charge on any atom is -0.465 e. The standard InChI is InChI=1S/C11H11N5O2/c12-10-13-2-7-8(15-10)16(5-14-7)4-11-1-6(11)3-18-9(11)17/h2,5-6H,1,3-4H2,(H2,12,13,15)/t6-,11+/m0/s1. The first-order chi connectivity index (χ1) is 8.69. The molecule has 7 heteroatoms. The highest BCUT2D eigenvalue weighted by molar-refractivity contribution is 5.83. The monoisotopic (exact) mass is 245 g/mol. The summed E-state index contributed by atoms with van der Waals surface area (Å²) in [6.07, 6.45) is 4.16. The number of esters is 1. The second kappa shape index (κ2) is 2.98. The van der Waals surface area contributed by atoms with E-state index in [2.05, 4.69) is 15.0 Å². The quantitative estimate of drug-likeness (QED) is 0.746. The van der Waals surface area contributed by atoms with Gasteiger partial charge in [0.15, 0.2) is 5.65 Å². The van der Waals surface area contributed by atoms with E-state index in [1.165, 1.54) is 0 Å². The Morgan fingerprint density at radius 1 is 1.56 bits per heavy atom. The van der Waals surface area contributed by atoms with Crippen LogP contribution >= 0.6 is 0 Å². The number of rotatable bonds is 2. The number of cyclic esters (lactones) is 1. The number of nitrogens with zero attached hydrogens (tertiary/aromatic N) is 4. The summed E-state index contributed by atoms with van der Waals surface area (Å²) in [6, 6.07) is 0. The number of imidazole rings is 1. The van der Waals surface area contributed by atoms with Gasteiger partial charge in [-0.2, -0.15) is 4.98 Å². The molecule has 0 radical (unpaired) electrons. The Balaban J connectivity index is 1.76. The lowest BCUT2D eigenvalue weighted by Gasteiger charge is -2.10. The van der Waals surface area contributed by atoms with Gasteiger partial charge in [0.25, 0.3) is 0 Å². The second-order valence-electron chi connectivity index (χ2n) is 4.97. The summed E-state index contributed by atoms with van der Waals surface area (Å²) in [5.74, 6) is 0.459. The van der Waals surface area contributed by atoms with E-state index in [4.69, 9.17) is 10.5 Å². The lowest BCUT2D eigenvalue weighted by atomic mass is 10.1. The highest BCUT2D eigenvalue weighted by atomic mass is 16.5. The molecular weight excluding hydrogens is 234 g/mol. The predicted molar refractivity (Wildman–Crippen MR) is 61.2 cm³/mol. The summed E-state index contributed by atoms with van der Waals surface area (Å²) >= 11 is 0. The maximum atomic E-state index is 11.8. The van der Waals surface area contributed by atoms with Crippen molar-refractivity contribution in [2.45, 2.75) is 13.0 Å². The van der Waals surface area contributed by atoms with Crippen LogP contribution in [0.5, 0.6) is 0 Å². The SMILES string of the molecule is Nc1ncc2ncn(C[C@]34C[C@H]3COC4=O)c2n1. The predicted octanol–water partition coefficient (Wildman–Crippen LogP) is -0.0284. The fourth-order valence-corrected chi connectivity index (χ4v) is 2.72. The minimum atomic E-state index is -0.354. The van der Waals surface area contributed by atoms with Gasteiger partial charge >= 0.3 is 5.97 Å². The molecule has 2 aliphatic rings. The van der Waals surface area contributed by atoms with Gasteiger partial charge in [-0.15, -0.1) is 0 Å². The van der Waals surface area contributed by atoms with Crippen LogP contribution in [0.25, 0.3) is 11.2 Å². The van der Waals surface area contributed by atoms with E-state index < -0.39 is 0 Å². The number of aromatic nitrogens is 4. The fourth-order valence-electron chi connectivity index (χ4n) is 2.72. The Hall–Kier alpha value is -2.18. The lowest BCUT2D eigenvalue weighted by Crippen LogP contribution is -2.20. The minimum absolute atomic E-state index is 0.101. The van der Waals surface area contributed by atoms with Crippen LogP contribution in [0, 0.1) is 11.3 Å². The number of nitrogens with two attached hydrogens (primary N) is 1. The summed E-state index contributed by atoms with van der Waals surface area (Å²) in [4.78, 5) is 24.0. The van der Waals surface area contributed by atoms with Crippen molar-refractivity contribution in [2.24, 2.45) is 11.3 Å². The van der Waals surface area contributed by atoms with Crippen LogP contribution in [0.2, 0.25) is 0 Å². The zero-order chi connectivity index (χ0) is 12.3. The van der Waals surface area contributed by atoms with Crippen LogP contribution in [0.4, 0.5) is 5.95 Å². The van der Waals surface area contributed by atoms with Crippen molar-refractivity contribution in [1.82, 2.24) is 19.5 Å². The van der Waals surface area contributed by atoms with Gasteiger partial charge in [-0.1, -0.05) is 0 Å². The Morgan fingerprint density at radius 2 is 2.44 bits per heavy atom. The fraction of sp³-hybridized carbons (Fsp3) is 0.455. The third-order valence-corrected chi connectivity index (χ3v) is 3.88. The highest BCUT2D eigenvalue weighted by Crippen LogP contribution is 2.58. The molecule has 7 nitrogen and oxygen atoms in total. The Morgan fingerprint density at radius 3 is 3.17 bits per heavy atom. The molecule has 18 heavy (non-hydrogen) atoms. The Labute approximate surface area is 102 Å². The lowest BCUT2D eigenvalue weighted by molar-refractivity contribution is -0.145. The molecule has 1 aliphatic heterocycles. The molecule has 2 aromatic heterocycles. The summed E-state index contributed by atoms with van der Waals surface area (Å²) in [6.45, 7) is 1.10. The van der Waals surface area contributed by atoms with E-state index in [-0.39, 0.29) is 17.3 Å². The van der Waals surface area contributed by atoms with Crippen molar-refractivity contribution in [2.75, 3.05) is 12.3 Å². The first-order valence-corrected chi connectivity index (χ1v) is 5.80. The molecule has 1 saturated heterocycles. The summed E-state index contributed by atoms with van der Waals surface area (Å²) in [7, 11) is 0. The molecule has 0 spiro atoms. The number of hydrogen-bond acceptors (Lipinski definition) is 6. The number of carbonyl (C=O) groups is 1. The van der Waals surface area contributed by atoms with Gasteiger partial charge in [0.1, 0.15) is 5.52 Å². The molecule has 2 N–H and O–H groups in total. The molecule has 3 heterocycles. The van der Waals surface area contributed by atoms with Gasteiger partial charge in [0.2, 0.25) is 5.95 Å². The molecule has 1 saturated carbocycles. The summed E-state index contributed by atoms with van der Waals surface area (Å²) in [5, 5.41) is 0. The van der Waals surface area contributed by atoms with Crippen molar-refractivity contribution >= 4 is 23.1 Å². The first kappa shape index (κ1) is 9.81. The van der Waals surface area contributed by atoms with Crippen molar-refractivity contribution in [3.63, 3.8) is 0 Å². The average Bonchev–Trinajstić information content (AvgIpc) is 2.81. The van der Waals surface area contributed by atoms with Crippen molar-refractivity contribution < 1.29 is 9.53 Å². The van der Waals surface area contributed by atoms with Gasteiger partial charge in [-0.25, -0.2) is 9.97 Å². The Bertz CT molecular complexity index is 666. The van der Waals surface area contributed by atoms with E-state index in [9.17, 15) is 4.79 Å². The van der Waals surface area contributed by atoms with Gasteiger partial charge in [0.05, 0.1) is 24.5 Å². The van der Waals surface area contributed by atoms with Crippen molar-refractivity contribution in [3.8, 4) is 0 Å². The van der Waals surface area contributed by atoms with Crippen LogP contribution in [0.3, 0.4) is 0 Å². The number of carbonyl (C=O) groups excluding carboxylic acids is 1. The van der Waals surface area contributed by atoms with Gasteiger partial charge in [-0.05, 0) is 6.42 Å². The number of fused-ring (bicyclic) bond motifs is 2. The van der Waals surface area contributed by atoms with Crippen LogP contribution in [-0.4, -0.2) is 32.1 Å². The smallest absolute Gasteiger partial charge is 0.314 e. The molecule has 2 fully saturated rings. The third kappa shape index (κ3) is 1.13. The van der Waals surface area contributed by atoms with Crippen LogP contribution in [-0.2, 0) is 16.1 Å². The molecule has 2 atom stereocenters.